The van der Waals surface area contributed by atoms with E-state index < -0.39 is 23.3 Å². The highest BCUT2D eigenvalue weighted by Gasteiger charge is 2.13. The fraction of sp³-hybridized carbons (Fsp3) is 0.192. The van der Waals surface area contributed by atoms with Gasteiger partial charge in [-0.15, -0.1) is 0 Å². The SMILES string of the molecule is CCCCCOc1cc(F)c(C#Cc2ccc(-c3cc(F)c(SC#N)c(F)c3)cc2)c(F)c1. The first kappa shape index (κ1) is 24.2. The molecule has 3 aromatic rings. The average Bonchev–Trinajstić information content (AvgIpc) is 2.79. The highest BCUT2D eigenvalue weighted by atomic mass is 32.2. The van der Waals surface area contributed by atoms with Gasteiger partial charge in [-0.25, -0.2) is 17.6 Å². The minimum atomic E-state index is -0.829. The maximum atomic E-state index is 14.3. The molecule has 0 saturated heterocycles. The molecule has 0 bridgehead atoms. The Morgan fingerprint density at radius 3 is 2.03 bits per heavy atom. The van der Waals surface area contributed by atoms with Crippen molar-refractivity contribution in [1.82, 2.24) is 0 Å². The first-order chi connectivity index (χ1) is 15.9. The molecule has 0 aliphatic rings. The summed E-state index contributed by atoms with van der Waals surface area (Å²) < 4.78 is 62.2. The number of hydrogen-bond donors (Lipinski definition) is 0. The average molecular weight is 470 g/mol. The van der Waals surface area contributed by atoms with Crippen molar-refractivity contribution >= 4 is 11.8 Å². The van der Waals surface area contributed by atoms with Gasteiger partial charge >= 0.3 is 0 Å². The van der Waals surface area contributed by atoms with Crippen LogP contribution >= 0.6 is 11.8 Å². The molecule has 0 saturated carbocycles. The maximum absolute atomic E-state index is 14.3. The molecule has 3 rings (SSSR count). The molecule has 0 amide bonds. The second kappa shape index (κ2) is 11.4. The Kier molecular flexibility index (Phi) is 8.40. The van der Waals surface area contributed by atoms with Crippen molar-refractivity contribution in [2.75, 3.05) is 6.61 Å². The summed E-state index contributed by atoms with van der Waals surface area (Å²) in [6.45, 7) is 2.44. The Labute approximate surface area is 194 Å². The predicted octanol–water partition coefficient (Wildman–Crippen LogP) is 7.45. The molecule has 7 heteroatoms. The van der Waals surface area contributed by atoms with E-state index in [2.05, 4.69) is 11.8 Å². The number of nitrogens with zero attached hydrogens (tertiary/aromatic N) is 1. The molecule has 168 valence electrons. The highest BCUT2D eigenvalue weighted by molar-refractivity contribution is 8.03. The van der Waals surface area contributed by atoms with Crippen LogP contribution in [0, 0.1) is 45.8 Å². The van der Waals surface area contributed by atoms with Crippen LogP contribution in [0.4, 0.5) is 17.6 Å². The lowest BCUT2D eigenvalue weighted by molar-refractivity contribution is 0.303. The van der Waals surface area contributed by atoms with Crippen LogP contribution in [-0.4, -0.2) is 6.61 Å². The Bertz CT molecular complexity index is 1190. The van der Waals surface area contributed by atoms with Crippen molar-refractivity contribution in [1.29, 1.82) is 5.26 Å². The molecule has 33 heavy (non-hydrogen) atoms. The fourth-order valence-electron chi connectivity index (χ4n) is 3.05. The highest BCUT2D eigenvalue weighted by Crippen LogP contribution is 2.30. The molecule has 0 fully saturated rings. The van der Waals surface area contributed by atoms with Gasteiger partial charge in [-0.3, -0.25) is 0 Å². The minimum absolute atomic E-state index is 0.120. The molecule has 0 spiro atoms. The van der Waals surface area contributed by atoms with Gasteiger partial charge in [0.05, 0.1) is 17.1 Å². The largest absolute Gasteiger partial charge is 0.493 e. The molecule has 0 aromatic heterocycles. The second-order valence-electron chi connectivity index (χ2n) is 7.11. The second-order valence-corrected chi connectivity index (χ2v) is 7.90. The molecule has 0 atom stereocenters. The number of halogens is 4. The van der Waals surface area contributed by atoms with Gasteiger partial charge in [0, 0.05) is 17.7 Å². The molecule has 0 radical (unpaired) electrons. The number of rotatable bonds is 7. The van der Waals surface area contributed by atoms with Crippen LogP contribution < -0.4 is 4.74 Å². The first-order valence-electron chi connectivity index (χ1n) is 10.2. The van der Waals surface area contributed by atoms with Gasteiger partial charge in [-0.05, 0) is 53.6 Å². The molecular weight excluding hydrogens is 450 g/mol. The zero-order chi connectivity index (χ0) is 23.8. The van der Waals surface area contributed by atoms with E-state index in [-0.39, 0.29) is 16.2 Å². The third-order valence-corrected chi connectivity index (χ3v) is 5.41. The Morgan fingerprint density at radius 1 is 0.818 bits per heavy atom. The maximum Gasteiger partial charge on any atom is 0.145 e. The van der Waals surface area contributed by atoms with E-state index in [0.717, 1.165) is 43.5 Å². The minimum Gasteiger partial charge on any atom is -0.493 e. The van der Waals surface area contributed by atoms with Crippen LogP contribution in [-0.2, 0) is 0 Å². The van der Waals surface area contributed by atoms with Gasteiger partial charge in [-0.1, -0.05) is 43.7 Å². The third kappa shape index (κ3) is 6.31. The lowest BCUT2D eigenvalue weighted by atomic mass is 10.0. The van der Waals surface area contributed by atoms with E-state index in [9.17, 15) is 17.6 Å². The molecule has 2 nitrogen and oxygen atoms in total. The van der Waals surface area contributed by atoms with Crippen molar-refractivity contribution in [3.05, 3.63) is 82.9 Å². The van der Waals surface area contributed by atoms with E-state index in [4.69, 9.17) is 10.00 Å². The first-order valence-corrected chi connectivity index (χ1v) is 11.0. The summed E-state index contributed by atoms with van der Waals surface area (Å²) >= 11 is 0.416. The zero-order valence-corrected chi connectivity index (χ0v) is 18.5. The van der Waals surface area contributed by atoms with Crippen LogP contribution in [0.25, 0.3) is 11.1 Å². The number of thiocyanates is 1. The monoisotopic (exact) mass is 469 g/mol. The van der Waals surface area contributed by atoms with Crippen LogP contribution in [0.15, 0.2) is 53.4 Å². The molecule has 0 aliphatic heterocycles. The summed E-state index contributed by atoms with van der Waals surface area (Å²) in [5.74, 6) is 2.02. The summed E-state index contributed by atoms with van der Waals surface area (Å²) in [6, 6.07) is 10.8. The van der Waals surface area contributed by atoms with Gasteiger partial charge in [0.25, 0.3) is 0 Å². The van der Waals surface area contributed by atoms with Crippen molar-refractivity contribution < 1.29 is 22.3 Å². The summed E-state index contributed by atoms with van der Waals surface area (Å²) in [5, 5.41) is 10.3. The standard InChI is InChI=1S/C26H19F4NOS/c1-2-3-4-11-32-20-14-22(27)21(23(28)15-20)10-7-17-5-8-18(9-6-17)19-12-24(29)26(33-16-31)25(30)13-19/h5-6,8-9,12-15H,2-4,11H2,1H3. The summed E-state index contributed by atoms with van der Waals surface area (Å²) in [7, 11) is 0. The van der Waals surface area contributed by atoms with Crippen molar-refractivity contribution in [3.8, 4) is 34.1 Å². The van der Waals surface area contributed by atoms with Gasteiger partial charge in [0.2, 0.25) is 0 Å². The van der Waals surface area contributed by atoms with E-state index >= 15 is 0 Å². The van der Waals surface area contributed by atoms with E-state index in [1.807, 2.05) is 6.92 Å². The van der Waals surface area contributed by atoms with Crippen molar-refractivity contribution in [2.45, 2.75) is 31.1 Å². The van der Waals surface area contributed by atoms with Gasteiger partial charge in [0.15, 0.2) is 0 Å². The molecule has 3 aromatic carbocycles. The summed E-state index contributed by atoms with van der Waals surface area (Å²) in [5.41, 5.74) is 0.914. The molecular formula is C26H19F4NOS. The number of benzene rings is 3. The van der Waals surface area contributed by atoms with Crippen LogP contribution in [0.3, 0.4) is 0 Å². The van der Waals surface area contributed by atoms with Crippen molar-refractivity contribution in [3.63, 3.8) is 0 Å². The predicted molar refractivity (Wildman–Crippen MR) is 121 cm³/mol. The fourth-order valence-corrected chi connectivity index (χ4v) is 3.45. The number of nitriles is 1. The molecule has 0 unspecified atom stereocenters. The van der Waals surface area contributed by atoms with Crippen LogP contribution in [0.1, 0.15) is 37.3 Å². The van der Waals surface area contributed by atoms with Gasteiger partial charge in [-0.2, -0.15) is 5.26 Å². The van der Waals surface area contributed by atoms with Gasteiger partial charge < -0.3 is 4.74 Å². The topological polar surface area (TPSA) is 33.0 Å². The van der Waals surface area contributed by atoms with Crippen LogP contribution in [0.2, 0.25) is 0 Å². The Balaban J connectivity index is 1.76. The van der Waals surface area contributed by atoms with Gasteiger partial charge in [0.1, 0.15) is 34.4 Å². The number of ether oxygens (including phenoxy) is 1. The van der Waals surface area contributed by atoms with E-state index in [1.165, 1.54) is 0 Å². The zero-order valence-electron chi connectivity index (χ0n) is 17.7. The van der Waals surface area contributed by atoms with E-state index in [0.29, 0.717) is 35.1 Å². The molecule has 0 N–H and O–H groups in total. The molecule has 0 aliphatic carbocycles. The Morgan fingerprint density at radius 2 is 1.45 bits per heavy atom. The summed E-state index contributed by atoms with van der Waals surface area (Å²) in [6.07, 6.45) is 2.80. The number of thioether (sulfide) groups is 1. The Hall–Kier alpha value is -3.42. The van der Waals surface area contributed by atoms with E-state index in [1.54, 1.807) is 29.7 Å². The smallest absolute Gasteiger partial charge is 0.145 e. The third-order valence-electron chi connectivity index (χ3n) is 4.73. The van der Waals surface area contributed by atoms with Crippen LogP contribution in [0.5, 0.6) is 5.75 Å². The quantitative estimate of drug-likeness (QED) is 0.118. The number of unbranched alkanes of at least 4 members (excludes halogenated alkanes) is 2. The normalized spacial score (nSPS) is 10.3. The molecule has 0 heterocycles. The lowest BCUT2D eigenvalue weighted by Gasteiger charge is -2.07. The summed E-state index contributed by atoms with van der Waals surface area (Å²) in [4.78, 5) is -0.356. The lowest BCUT2D eigenvalue weighted by Crippen LogP contribution is -1.99. The van der Waals surface area contributed by atoms with Crippen molar-refractivity contribution in [2.24, 2.45) is 0 Å². The number of hydrogen-bond acceptors (Lipinski definition) is 3.